The minimum atomic E-state index is -1.06. The van der Waals surface area contributed by atoms with Crippen LogP contribution < -0.4 is 0 Å². The van der Waals surface area contributed by atoms with Gasteiger partial charge in [0.05, 0.1) is 0 Å². The van der Waals surface area contributed by atoms with Crippen molar-refractivity contribution < 1.29 is 0 Å². The third-order valence-electron chi connectivity index (χ3n) is 3.51. The number of nitrogens with zero attached hydrogens (tertiary/aromatic N) is 2. The summed E-state index contributed by atoms with van der Waals surface area (Å²) in [5.74, 6) is 5.82. The van der Waals surface area contributed by atoms with Crippen molar-refractivity contribution in [2.75, 3.05) is 17.5 Å². The van der Waals surface area contributed by atoms with Gasteiger partial charge in [0.15, 0.2) is 0 Å². The number of rotatable bonds is 4. The second-order valence-electron chi connectivity index (χ2n) is 7.32. The number of terminal acetylenes is 1. The largest absolute Gasteiger partial charge is 0.294 e. The Bertz CT molecular complexity index is 513. The summed E-state index contributed by atoms with van der Waals surface area (Å²) in [6.45, 7) is 11.0. The third-order valence-corrected chi connectivity index (χ3v) is 4.97. The van der Waals surface area contributed by atoms with E-state index in [1.54, 1.807) is 0 Å². The van der Waals surface area contributed by atoms with Crippen molar-refractivity contribution in [1.82, 2.24) is 0 Å². The van der Waals surface area contributed by atoms with Crippen molar-refractivity contribution in [3.8, 4) is 23.8 Å². The van der Waals surface area contributed by atoms with Gasteiger partial charge in [-0.05, 0) is 45.4 Å². The Kier molecular flexibility index (Phi) is 18.9. The normalized spacial score (nSPS) is 14.8. The molecule has 2 aliphatic heterocycles. The first kappa shape index (κ1) is 27.6. The summed E-state index contributed by atoms with van der Waals surface area (Å²) in [6.07, 6.45) is 14.3. The molecule has 0 bridgehead atoms. The molecule has 0 saturated carbocycles. The molecule has 0 aromatic rings. The van der Waals surface area contributed by atoms with Crippen LogP contribution in [0.25, 0.3) is 0 Å². The number of aliphatic imine (C=N–C) groups is 2. The maximum atomic E-state index is 5.12. The second-order valence-corrected chi connectivity index (χ2v) is 13.1. The number of unbranched alkanes of at least 4 members (excludes halogenated alkanes) is 1. The lowest BCUT2D eigenvalue weighted by atomic mass is 10.1. The zero-order valence-electron chi connectivity index (χ0n) is 16.6. The monoisotopic (exact) mass is 486 g/mol. The van der Waals surface area contributed by atoms with E-state index in [1.165, 1.54) is 37.1 Å². The van der Waals surface area contributed by atoms with Crippen molar-refractivity contribution in [3.63, 3.8) is 0 Å². The Morgan fingerprint density at radius 1 is 1.08 bits per heavy atom. The van der Waals surface area contributed by atoms with E-state index >= 15 is 0 Å². The number of alkyl halides is 1. The lowest BCUT2D eigenvalue weighted by molar-refractivity contribution is 0.896. The summed E-state index contributed by atoms with van der Waals surface area (Å²) in [7, 11) is -1.06. The van der Waals surface area contributed by atoms with Gasteiger partial charge >= 0.3 is 0 Å². The van der Waals surface area contributed by atoms with E-state index in [4.69, 9.17) is 6.42 Å². The maximum Gasteiger partial charge on any atom is 0.129 e. The topological polar surface area (TPSA) is 24.7 Å². The van der Waals surface area contributed by atoms with Crippen molar-refractivity contribution in [3.05, 3.63) is 0 Å². The molecule has 4 heteroatoms. The van der Waals surface area contributed by atoms with E-state index in [-0.39, 0.29) is 7.43 Å². The highest BCUT2D eigenvalue weighted by molar-refractivity contribution is 14.1. The summed E-state index contributed by atoms with van der Waals surface area (Å²) < 4.78 is 1.16. The number of hydrogen-bond donors (Lipinski definition) is 0. The molecule has 0 aromatic carbocycles. The summed E-state index contributed by atoms with van der Waals surface area (Å²) >= 11 is 2.35. The highest BCUT2D eigenvalue weighted by atomic mass is 127. The van der Waals surface area contributed by atoms with Crippen LogP contribution in [0.2, 0.25) is 19.6 Å². The van der Waals surface area contributed by atoms with Crippen LogP contribution in [0.5, 0.6) is 0 Å². The highest BCUT2D eigenvalue weighted by Crippen LogP contribution is 2.09. The minimum absolute atomic E-state index is 0. The maximum absolute atomic E-state index is 5.12. The fraction of sp³-hybridized carbons (Fsp3) is 0.727. The van der Waals surface area contributed by atoms with Gasteiger partial charge in [-0.1, -0.05) is 49.7 Å². The Labute approximate surface area is 178 Å². The van der Waals surface area contributed by atoms with Crippen LogP contribution in [-0.2, 0) is 0 Å². The van der Waals surface area contributed by atoms with Crippen molar-refractivity contribution in [1.29, 1.82) is 0 Å². The number of hydrogen-bond acceptors (Lipinski definition) is 2. The molecule has 0 fully saturated rings. The van der Waals surface area contributed by atoms with Crippen molar-refractivity contribution in [2.45, 2.75) is 85.4 Å². The first-order valence-electron chi connectivity index (χ1n) is 9.40. The zero-order valence-corrected chi connectivity index (χ0v) is 19.8. The smallest absolute Gasteiger partial charge is 0.129 e. The van der Waals surface area contributed by atoms with Crippen LogP contribution in [0.1, 0.15) is 65.7 Å². The second kappa shape index (κ2) is 17.8. The molecule has 148 valence electrons. The van der Waals surface area contributed by atoms with E-state index in [9.17, 15) is 0 Å². The average Bonchev–Trinajstić information content (AvgIpc) is 3.22. The summed E-state index contributed by atoms with van der Waals surface area (Å²) in [6, 6.07) is 0. The van der Waals surface area contributed by atoms with Crippen LogP contribution in [-0.4, -0.2) is 37.0 Å². The van der Waals surface area contributed by atoms with Gasteiger partial charge in [0.2, 0.25) is 0 Å². The Morgan fingerprint density at radius 2 is 1.73 bits per heavy atom. The van der Waals surface area contributed by atoms with E-state index in [1.807, 2.05) is 0 Å². The quantitative estimate of drug-likeness (QED) is 0.141. The molecule has 0 N–H and O–H groups in total. The molecule has 2 aliphatic rings. The molecule has 2 rings (SSSR count). The van der Waals surface area contributed by atoms with Crippen LogP contribution in [0.4, 0.5) is 0 Å². The van der Waals surface area contributed by atoms with Crippen molar-refractivity contribution in [2.24, 2.45) is 9.98 Å². The van der Waals surface area contributed by atoms with Gasteiger partial charge in [-0.3, -0.25) is 9.98 Å². The summed E-state index contributed by atoms with van der Waals surface area (Å²) in [5, 5.41) is 0. The molecule has 0 aliphatic carbocycles. The standard InChI is InChI=1S/C9H13N.C7H13ISi.C5H9N.CH4/c1-2-3-4-6-9-7-5-8-10-9;1-9(2,3)7-5-4-6-8;1-5-3-2-4-6-5;/h1H,3-8H2;4,6H2,1-3H3;2-4H2,1H3;1H4. The van der Waals surface area contributed by atoms with Gasteiger partial charge in [0.1, 0.15) is 8.07 Å². The van der Waals surface area contributed by atoms with Gasteiger partial charge in [-0.2, -0.15) is 0 Å². The van der Waals surface area contributed by atoms with Crippen LogP contribution in [0.3, 0.4) is 0 Å². The van der Waals surface area contributed by atoms with Crippen LogP contribution in [0, 0.1) is 23.8 Å². The van der Waals surface area contributed by atoms with E-state index in [0.29, 0.717) is 0 Å². The minimum Gasteiger partial charge on any atom is -0.294 e. The predicted octanol–water partition coefficient (Wildman–Crippen LogP) is 6.59. The van der Waals surface area contributed by atoms with Gasteiger partial charge in [0, 0.05) is 41.8 Å². The first-order valence-corrected chi connectivity index (χ1v) is 14.4. The molecule has 2 nitrogen and oxygen atoms in total. The molecule has 0 unspecified atom stereocenters. The van der Waals surface area contributed by atoms with E-state index in [2.05, 4.69) is 76.5 Å². The molecule has 0 atom stereocenters. The molecule has 0 radical (unpaired) electrons. The van der Waals surface area contributed by atoms with E-state index < -0.39 is 8.07 Å². The SMILES string of the molecule is C.C#CCCCC1=NCCC1.CC1=NCCC1.C[Si](C)(C)C#CCCI. The fourth-order valence-electron chi connectivity index (χ4n) is 2.26. The molecular weight excluding hydrogens is 447 g/mol. The average molecular weight is 487 g/mol. The van der Waals surface area contributed by atoms with Gasteiger partial charge in [0.25, 0.3) is 0 Å². The molecule has 26 heavy (non-hydrogen) atoms. The van der Waals surface area contributed by atoms with Crippen LogP contribution >= 0.6 is 22.6 Å². The fourth-order valence-corrected chi connectivity index (χ4v) is 3.18. The number of halogens is 1. The molecule has 2 heterocycles. The van der Waals surface area contributed by atoms with Crippen LogP contribution in [0.15, 0.2) is 9.98 Å². The third kappa shape index (κ3) is 19.7. The summed E-state index contributed by atoms with van der Waals surface area (Å²) in [5.41, 5.74) is 6.02. The van der Waals surface area contributed by atoms with E-state index in [0.717, 1.165) is 43.2 Å². The molecule has 0 amide bonds. The molecule has 0 spiro atoms. The predicted molar refractivity (Wildman–Crippen MR) is 133 cm³/mol. The first-order chi connectivity index (χ1) is 11.9. The molecular formula is C22H39IN2Si. The zero-order chi connectivity index (χ0) is 19.0. The van der Waals surface area contributed by atoms with Gasteiger partial charge in [-0.15, -0.1) is 23.8 Å². The lowest BCUT2D eigenvalue weighted by Gasteiger charge is -2.02. The Hall–Kier alpha value is -0.593. The van der Waals surface area contributed by atoms with Gasteiger partial charge in [-0.25, -0.2) is 0 Å². The molecule has 0 aromatic heterocycles. The van der Waals surface area contributed by atoms with Crippen molar-refractivity contribution >= 4 is 42.1 Å². The molecule has 0 saturated heterocycles. The Balaban J connectivity index is 0. The Morgan fingerprint density at radius 3 is 2.12 bits per heavy atom. The summed E-state index contributed by atoms with van der Waals surface area (Å²) in [4.78, 5) is 8.51. The lowest BCUT2D eigenvalue weighted by Crippen LogP contribution is -2.16. The highest BCUT2D eigenvalue weighted by Gasteiger charge is 2.06. The van der Waals surface area contributed by atoms with Gasteiger partial charge < -0.3 is 0 Å².